The summed E-state index contributed by atoms with van der Waals surface area (Å²) in [6, 6.07) is 29.6. The lowest BCUT2D eigenvalue weighted by molar-refractivity contribution is -0.167. The molecule has 0 bridgehead atoms. The van der Waals surface area contributed by atoms with Crippen LogP contribution >= 0.6 is 0 Å². The van der Waals surface area contributed by atoms with Gasteiger partial charge in [-0.15, -0.1) is 0 Å². The highest BCUT2D eigenvalue weighted by atomic mass is 16.5. The first kappa shape index (κ1) is 33.9. The van der Waals surface area contributed by atoms with Gasteiger partial charge in [-0.25, -0.2) is 0 Å². The van der Waals surface area contributed by atoms with E-state index in [1.807, 2.05) is 41.3 Å². The molecule has 3 aliphatic rings. The average molecular weight is 651 g/mol. The second kappa shape index (κ2) is 16.4. The molecule has 3 fully saturated rings. The third-order valence-electron chi connectivity index (χ3n) is 10.4. The van der Waals surface area contributed by atoms with Crippen molar-refractivity contribution in [3.63, 3.8) is 0 Å². The van der Waals surface area contributed by atoms with Gasteiger partial charge in [-0.05, 0) is 61.8 Å². The number of ether oxygens (including phenoxy) is 1. The highest BCUT2D eigenvalue weighted by Crippen LogP contribution is 2.37. The molecule has 3 aliphatic heterocycles. The van der Waals surface area contributed by atoms with Crippen LogP contribution in [0.3, 0.4) is 0 Å². The number of likely N-dealkylation sites (tertiary alicyclic amines) is 2. The van der Waals surface area contributed by atoms with Gasteiger partial charge in [0.25, 0.3) is 0 Å². The molecule has 0 saturated carbocycles. The molecule has 8 nitrogen and oxygen atoms in total. The number of hydrogen-bond acceptors (Lipinski definition) is 6. The van der Waals surface area contributed by atoms with Crippen LogP contribution in [0.1, 0.15) is 68.1 Å². The highest BCUT2D eigenvalue weighted by Gasteiger charge is 2.56. The number of piperidine rings is 1. The van der Waals surface area contributed by atoms with Crippen LogP contribution in [0.4, 0.5) is 0 Å². The van der Waals surface area contributed by atoms with E-state index in [9.17, 15) is 14.4 Å². The summed E-state index contributed by atoms with van der Waals surface area (Å²) >= 11 is 0. The van der Waals surface area contributed by atoms with E-state index in [-0.39, 0.29) is 30.9 Å². The molecule has 48 heavy (non-hydrogen) atoms. The maximum absolute atomic E-state index is 14.3. The zero-order chi connectivity index (χ0) is 33.2. The Hall–Kier alpha value is -4.01. The Labute approximate surface area is 285 Å². The van der Waals surface area contributed by atoms with Crippen molar-refractivity contribution in [1.82, 2.24) is 20.0 Å². The predicted octanol–water partition coefficient (Wildman–Crippen LogP) is 5.36. The first-order valence-corrected chi connectivity index (χ1v) is 17.9. The number of hydrogen-bond donors (Lipinski definition) is 1. The van der Waals surface area contributed by atoms with Gasteiger partial charge in [-0.3, -0.25) is 19.3 Å². The van der Waals surface area contributed by atoms with Gasteiger partial charge in [0.05, 0.1) is 6.42 Å². The van der Waals surface area contributed by atoms with E-state index >= 15 is 0 Å². The molecule has 2 unspecified atom stereocenters. The lowest BCUT2D eigenvalue weighted by atomic mass is 9.80. The van der Waals surface area contributed by atoms with Crippen molar-refractivity contribution >= 4 is 17.8 Å². The molecule has 6 rings (SSSR count). The van der Waals surface area contributed by atoms with Gasteiger partial charge in [0, 0.05) is 38.8 Å². The number of esters is 1. The number of unbranched alkanes of at least 4 members (excludes halogenated alkanes) is 3. The summed E-state index contributed by atoms with van der Waals surface area (Å²) in [6.45, 7) is 5.11. The van der Waals surface area contributed by atoms with Crippen LogP contribution in [0.15, 0.2) is 91.0 Å². The van der Waals surface area contributed by atoms with E-state index in [4.69, 9.17) is 4.74 Å². The van der Waals surface area contributed by atoms with Crippen molar-refractivity contribution in [2.24, 2.45) is 0 Å². The topological polar surface area (TPSA) is 82.2 Å². The van der Waals surface area contributed by atoms with Crippen molar-refractivity contribution in [2.45, 2.75) is 88.6 Å². The predicted molar refractivity (Wildman–Crippen MR) is 187 cm³/mol. The van der Waals surface area contributed by atoms with E-state index in [1.54, 1.807) is 0 Å². The van der Waals surface area contributed by atoms with Gasteiger partial charge in [0.15, 0.2) is 0 Å². The van der Waals surface area contributed by atoms with Crippen molar-refractivity contribution < 1.29 is 19.1 Å². The van der Waals surface area contributed by atoms with Crippen LogP contribution in [0, 0.1) is 0 Å². The van der Waals surface area contributed by atoms with Gasteiger partial charge in [-0.2, -0.15) is 0 Å². The molecule has 1 spiro atoms. The van der Waals surface area contributed by atoms with Crippen LogP contribution in [0.25, 0.3) is 0 Å². The molecule has 254 valence electrons. The number of carbonyl (C=O) groups excluding carboxylic acids is 3. The summed E-state index contributed by atoms with van der Waals surface area (Å²) < 4.78 is 5.52. The fraction of sp³-hybridized carbons (Fsp3) is 0.475. The Morgan fingerprint density at radius 1 is 0.750 bits per heavy atom. The zero-order valence-electron chi connectivity index (χ0n) is 28.1. The smallest absolute Gasteiger partial charge is 0.308 e. The van der Waals surface area contributed by atoms with Crippen molar-refractivity contribution in [2.75, 3.05) is 32.7 Å². The van der Waals surface area contributed by atoms with E-state index in [0.29, 0.717) is 19.4 Å². The van der Waals surface area contributed by atoms with E-state index in [0.717, 1.165) is 57.5 Å². The number of nitrogens with one attached hydrogen (secondary N) is 1. The maximum atomic E-state index is 14.3. The van der Waals surface area contributed by atoms with E-state index in [2.05, 4.69) is 69.7 Å². The SMILES string of the molecule is O=C(CC1NC(=O)C2(CCN(CCCCCCc3ccccc3)CC2)N(C2CCN(Cc3ccccc3)C2)C1=O)OCc1ccccc1. The van der Waals surface area contributed by atoms with Crippen LogP contribution in [-0.4, -0.2) is 82.8 Å². The number of benzene rings is 3. The third kappa shape index (κ3) is 8.52. The third-order valence-corrected chi connectivity index (χ3v) is 10.4. The second-order valence-electron chi connectivity index (χ2n) is 13.8. The summed E-state index contributed by atoms with van der Waals surface area (Å²) in [5, 5.41) is 2.99. The zero-order valence-corrected chi connectivity index (χ0v) is 28.1. The molecule has 3 aromatic rings. The van der Waals surface area contributed by atoms with Gasteiger partial charge >= 0.3 is 5.97 Å². The fourth-order valence-electron chi connectivity index (χ4n) is 7.76. The monoisotopic (exact) mass is 650 g/mol. The number of aryl methyl sites for hydroxylation is 1. The Bertz CT molecular complexity index is 1480. The second-order valence-corrected chi connectivity index (χ2v) is 13.8. The molecule has 3 heterocycles. The lowest BCUT2D eigenvalue weighted by Gasteiger charge is -2.53. The van der Waals surface area contributed by atoms with Crippen molar-refractivity contribution in [3.05, 3.63) is 108 Å². The number of carbonyl (C=O) groups is 3. The Morgan fingerprint density at radius 2 is 1.38 bits per heavy atom. The summed E-state index contributed by atoms with van der Waals surface area (Å²) in [4.78, 5) is 48.1. The number of nitrogens with zero attached hydrogens (tertiary/aromatic N) is 3. The molecular weight excluding hydrogens is 600 g/mol. The van der Waals surface area contributed by atoms with Crippen LogP contribution < -0.4 is 5.32 Å². The Balaban J connectivity index is 1.07. The summed E-state index contributed by atoms with van der Waals surface area (Å²) in [5.41, 5.74) is 2.64. The average Bonchev–Trinajstić information content (AvgIpc) is 3.57. The normalized spacial score (nSPS) is 21.4. The van der Waals surface area contributed by atoms with Crippen LogP contribution in [0.5, 0.6) is 0 Å². The number of rotatable bonds is 14. The molecule has 3 saturated heterocycles. The van der Waals surface area contributed by atoms with Gasteiger partial charge in [-0.1, -0.05) is 104 Å². The van der Waals surface area contributed by atoms with Crippen molar-refractivity contribution in [3.8, 4) is 0 Å². The standard InChI is InChI=1S/C40H50N4O4/c45-37(48-31-34-19-11-5-12-20-34)28-36-38(46)44(35-21-25-43(30-35)29-33-17-9-4-10-18-33)40(39(47)41-36)22-26-42(27-23-40)24-13-2-1-6-14-32-15-7-3-8-16-32/h3-5,7-12,15-20,35-36H,1-2,6,13-14,21-31H2,(H,41,47). The summed E-state index contributed by atoms with van der Waals surface area (Å²) in [7, 11) is 0. The molecular formula is C40H50N4O4. The van der Waals surface area contributed by atoms with Gasteiger partial charge in [0.1, 0.15) is 18.2 Å². The number of piperazine rings is 1. The van der Waals surface area contributed by atoms with Crippen molar-refractivity contribution in [1.29, 1.82) is 0 Å². The first-order valence-electron chi connectivity index (χ1n) is 17.9. The lowest BCUT2D eigenvalue weighted by Crippen LogP contribution is -2.75. The van der Waals surface area contributed by atoms with Crippen LogP contribution in [-0.2, 0) is 38.7 Å². The minimum absolute atomic E-state index is 0.0775. The largest absolute Gasteiger partial charge is 0.461 e. The maximum Gasteiger partial charge on any atom is 0.308 e. The molecule has 0 aromatic heterocycles. The molecule has 0 radical (unpaired) electrons. The number of amides is 2. The molecule has 2 amide bonds. The first-order chi connectivity index (χ1) is 23.5. The van der Waals surface area contributed by atoms with E-state index in [1.165, 1.54) is 30.4 Å². The molecule has 8 heteroatoms. The van der Waals surface area contributed by atoms with Gasteiger partial charge in [0.2, 0.25) is 11.8 Å². The fourth-order valence-corrected chi connectivity index (χ4v) is 7.76. The minimum atomic E-state index is -0.913. The summed E-state index contributed by atoms with van der Waals surface area (Å²) in [5.74, 6) is -0.751. The molecule has 0 aliphatic carbocycles. The minimum Gasteiger partial charge on any atom is -0.461 e. The molecule has 3 aromatic carbocycles. The summed E-state index contributed by atoms with van der Waals surface area (Å²) in [6.07, 6.45) is 7.75. The van der Waals surface area contributed by atoms with Crippen LogP contribution in [0.2, 0.25) is 0 Å². The molecule has 2 atom stereocenters. The quantitative estimate of drug-likeness (QED) is 0.187. The Kier molecular flexibility index (Phi) is 11.6. The Morgan fingerprint density at radius 3 is 2.06 bits per heavy atom. The molecule has 1 N–H and O–H groups in total. The van der Waals surface area contributed by atoms with E-state index < -0.39 is 17.6 Å². The van der Waals surface area contributed by atoms with Gasteiger partial charge < -0.3 is 19.9 Å². The highest BCUT2D eigenvalue weighted by molar-refractivity contribution is 6.01.